The smallest absolute Gasteiger partial charge is 0.0236 e. The molecule has 0 aliphatic rings. The van der Waals surface area contributed by atoms with Crippen molar-refractivity contribution < 1.29 is 0 Å². The van der Waals surface area contributed by atoms with Crippen molar-refractivity contribution in [3.8, 4) is 0 Å². The van der Waals surface area contributed by atoms with Crippen LogP contribution in [-0.4, -0.2) is 0 Å². The van der Waals surface area contributed by atoms with E-state index in [2.05, 4.69) is 92.4 Å². The maximum Gasteiger partial charge on any atom is 0.0236 e. The number of allylic oxidation sites excluding steroid dienone is 3. The highest BCUT2D eigenvalue weighted by Gasteiger charge is 2.02. The summed E-state index contributed by atoms with van der Waals surface area (Å²) in [6.45, 7) is 4.29. The van der Waals surface area contributed by atoms with Gasteiger partial charge < -0.3 is 0 Å². The van der Waals surface area contributed by atoms with Crippen molar-refractivity contribution in [2.24, 2.45) is 0 Å². The maximum atomic E-state index is 3.67. The summed E-state index contributed by atoms with van der Waals surface area (Å²) in [5.74, 6) is 0. The minimum absolute atomic E-state index is 1.06. The van der Waals surface area contributed by atoms with Gasteiger partial charge in [0.05, 0.1) is 0 Å². The summed E-state index contributed by atoms with van der Waals surface area (Å²) in [6.07, 6.45) is 7.67. The monoisotopic (exact) mass is 288 g/mol. The highest BCUT2D eigenvalue weighted by molar-refractivity contribution is 5.79. The quantitative estimate of drug-likeness (QED) is 0.419. The van der Waals surface area contributed by atoms with Gasteiger partial charge in [-0.2, -0.15) is 0 Å². The Hall–Kier alpha value is -2.30. The second-order valence-corrected chi connectivity index (χ2v) is 5.35. The fourth-order valence-corrected chi connectivity index (χ4v) is 2.43. The summed E-state index contributed by atoms with van der Waals surface area (Å²) >= 11 is 0. The van der Waals surface area contributed by atoms with E-state index in [1.165, 1.54) is 29.5 Å². The molecule has 0 N–H and O–H groups in total. The predicted molar refractivity (Wildman–Crippen MR) is 97.6 cm³/mol. The van der Waals surface area contributed by atoms with Gasteiger partial charge in [0.1, 0.15) is 0 Å². The van der Waals surface area contributed by atoms with Gasteiger partial charge in [-0.25, -0.2) is 0 Å². The van der Waals surface area contributed by atoms with Gasteiger partial charge in [0.25, 0.3) is 0 Å². The van der Waals surface area contributed by atoms with Crippen LogP contribution in [0.25, 0.3) is 11.1 Å². The van der Waals surface area contributed by atoms with Crippen LogP contribution in [-0.2, 0) is 0 Å². The normalized spacial score (nSPS) is 10.5. The van der Waals surface area contributed by atoms with Crippen LogP contribution in [0.15, 0.2) is 78.5 Å². The fraction of sp³-hybridized carbons (Fsp3) is 0.227. The second-order valence-electron chi connectivity index (χ2n) is 5.35. The number of benzene rings is 2. The zero-order valence-corrected chi connectivity index (χ0v) is 13.5. The van der Waals surface area contributed by atoms with Gasteiger partial charge in [0, 0.05) is 11.1 Å². The molecule has 0 saturated heterocycles. The predicted octanol–water partition coefficient (Wildman–Crippen LogP) is 6.52. The first kappa shape index (κ1) is 16.1. The number of hydrogen-bond acceptors (Lipinski definition) is 0. The van der Waals surface area contributed by atoms with Gasteiger partial charge in [0.15, 0.2) is 0 Å². The molecule has 22 heavy (non-hydrogen) atoms. The van der Waals surface area contributed by atoms with Crippen molar-refractivity contribution in [1.82, 2.24) is 0 Å². The number of rotatable bonds is 6. The van der Waals surface area contributed by atoms with Gasteiger partial charge in [-0.3, -0.25) is 0 Å². The minimum atomic E-state index is 1.06. The Morgan fingerprint density at radius 1 is 0.909 bits per heavy atom. The largest absolute Gasteiger partial charge is 0.108 e. The zero-order valence-electron chi connectivity index (χ0n) is 13.5. The fourth-order valence-electron chi connectivity index (χ4n) is 2.43. The molecule has 112 valence electrons. The van der Waals surface area contributed by atoms with Crippen LogP contribution in [0.2, 0.25) is 0 Å². The first-order valence-corrected chi connectivity index (χ1v) is 8.08. The first-order valence-electron chi connectivity index (χ1n) is 8.08. The molecule has 0 radical (unpaired) electrons. The third-order valence-electron chi connectivity index (χ3n) is 3.61. The SMILES string of the molecule is C/C=C/C(=C=C(CCCC)c1ccccc1)c1ccccc1. The molecule has 0 heterocycles. The molecule has 0 aromatic heterocycles. The topological polar surface area (TPSA) is 0 Å². The van der Waals surface area contributed by atoms with E-state index in [1.807, 2.05) is 0 Å². The minimum Gasteiger partial charge on any atom is -0.108 e. The molecule has 2 rings (SSSR count). The Morgan fingerprint density at radius 2 is 1.50 bits per heavy atom. The maximum absolute atomic E-state index is 3.67. The second kappa shape index (κ2) is 8.87. The van der Waals surface area contributed by atoms with Crippen LogP contribution in [0, 0.1) is 0 Å². The number of hydrogen-bond donors (Lipinski definition) is 0. The molecule has 0 unspecified atom stereocenters. The summed E-state index contributed by atoms with van der Waals surface area (Å²) in [4.78, 5) is 0. The average molecular weight is 288 g/mol. The molecule has 0 amide bonds. The summed E-state index contributed by atoms with van der Waals surface area (Å²) in [5, 5.41) is 0. The molecule has 0 fully saturated rings. The van der Waals surface area contributed by atoms with Crippen LogP contribution in [0.1, 0.15) is 44.2 Å². The molecule has 0 spiro atoms. The lowest BCUT2D eigenvalue weighted by molar-refractivity contribution is 0.825. The van der Waals surface area contributed by atoms with Gasteiger partial charge in [-0.15, -0.1) is 5.73 Å². The molecular weight excluding hydrogens is 264 g/mol. The molecule has 0 atom stereocenters. The van der Waals surface area contributed by atoms with Crippen molar-refractivity contribution >= 4 is 11.1 Å². The summed E-state index contributed by atoms with van der Waals surface area (Å²) in [5.41, 5.74) is 8.60. The zero-order chi connectivity index (χ0) is 15.6. The Morgan fingerprint density at radius 3 is 2.05 bits per heavy atom. The highest BCUT2D eigenvalue weighted by atomic mass is 14.1. The Kier molecular flexibility index (Phi) is 6.48. The van der Waals surface area contributed by atoms with Crippen LogP contribution in [0.4, 0.5) is 0 Å². The third-order valence-corrected chi connectivity index (χ3v) is 3.61. The van der Waals surface area contributed by atoms with E-state index < -0.39 is 0 Å². The van der Waals surface area contributed by atoms with Crippen LogP contribution >= 0.6 is 0 Å². The van der Waals surface area contributed by atoms with Crippen molar-refractivity contribution in [2.75, 3.05) is 0 Å². The Labute approximate surface area is 134 Å². The summed E-state index contributed by atoms with van der Waals surface area (Å²) in [7, 11) is 0. The first-order chi connectivity index (χ1) is 10.8. The lowest BCUT2D eigenvalue weighted by Crippen LogP contribution is -1.85. The van der Waals surface area contributed by atoms with E-state index >= 15 is 0 Å². The van der Waals surface area contributed by atoms with E-state index in [4.69, 9.17) is 0 Å². The standard InChI is InChI=1S/C22H24/c1-3-5-13-22(20-16-10-7-11-17-20)18-21(12-4-2)19-14-8-6-9-15-19/h4,6-12,14-17H,3,5,13H2,1-2H3/b12-4+. The average Bonchev–Trinajstić information content (AvgIpc) is 2.59. The van der Waals surface area contributed by atoms with E-state index in [0.717, 1.165) is 12.0 Å². The molecule has 0 bridgehead atoms. The van der Waals surface area contributed by atoms with E-state index in [0.29, 0.717) is 0 Å². The molecule has 2 aromatic carbocycles. The lowest BCUT2D eigenvalue weighted by atomic mass is 9.98. The Balaban J connectivity index is 2.55. The molecule has 0 nitrogen and oxygen atoms in total. The molecular formula is C22H24. The van der Waals surface area contributed by atoms with Crippen LogP contribution in [0.3, 0.4) is 0 Å². The molecule has 0 aliphatic carbocycles. The van der Waals surface area contributed by atoms with Crippen molar-refractivity contribution in [3.05, 3.63) is 89.7 Å². The van der Waals surface area contributed by atoms with Crippen molar-refractivity contribution in [2.45, 2.75) is 33.1 Å². The van der Waals surface area contributed by atoms with E-state index in [9.17, 15) is 0 Å². The molecule has 0 saturated carbocycles. The van der Waals surface area contributed by atoms with Gasteiger partial charge in [0.2, 0.25) is 0 Å². The molecule has 0 aliphatic heterocycles. The lowest BCUT2D eigenvalue weighted by Gasteiger charge is -2.06. The van der Waals surface area contributed by atoms with E-state index in [-0.39, 0.29) is 0 Å². The van der Waals surface area contributed by atoms with Gasteiger partial charge in [-0.05, 0) is 30.9 Å². The van der Waals surface area contributed by atoms with Crippen LogP contribution < -0.4 is 0 Å². The summed E-state index contributed by atoms with van der Waals surface area (Å²) < 4.78 is 0. The number of unbranched alkanes of at least 4 members (excludes halogenated alkanes) is 1. The summed E-state index contributed by atoms with van der Waals surface area (Å²) in [6, 6.07) is 21.1. The highest BCUT2D eigenvalue weighted by Crippen LogP contribution is 2.23. The van der Waals surface area contributed by atoms with Crippen LogP contribution in [0.5, 0.6) is 0 Å². The molecule has 0 heteroatoms. The van der Waals surface area contributed by atoms with E-state index in [1.54, 1.807) is 0 Å². The van der Waals surface area contributed by atoms with Gasteiger partial charge >= 0.3 is 0 Å². The van der Waals surface area contributed by atoms with Crippen molar-refractivity contribution in [3.63, 3.8) is 0 Å². The van der Waals surface area contributed by atoms with Crippen molar-refractivity contribution in [1.29, 1.82) is 0 Å². The van der Waals surface area contributed by atoms with Gasteiger partial charge in [-0.1, -0.05) is 86.2 Å². The molecule has 2 aromatic rings. The third kappa shape index (κ3) is 4.62. The Bertz CT molecular complexity index is 654.